The first-order chi connectivity index (χ1) is 20.6. The van der Waals surface area contributed by atoms with Crippen molar-refractivity contribution >= 4 is 18.2 Å². The van der Waals surface area contributed by atoms with Crippen LogP contribution in [0.5, 0.6) is 11.5 Å². The van der Waals surface area contributed by atoms with E-state index in [1.54, 1.807) is 68.7 Å². The number of hydrogen-bond acceptors (Lipinski definition) is 10. The maximum absolute atomic E-state index is 14.3. The lowest BCUT2D eigenvalue weighted by Gasteiger charge is -2.40. The fraction of sp³-hybridized carbons (Fsp3) is 0.452. The quantitative estimate of drug-likeness (QED) is 0.185. The van der Waals surface area contributed by atoms with Gasteiger partial charge in [0.2, 0.25) is 0 Å². The van der Waals surface area contributed by atoms with Gasteiger partial charge in [0, 0.05) is 24.2 Å². The van der Waals surface area contributed by atoms with Gasteiger partial charge in [0.25, 0.3) is 0 Å². The van der Waals surface area contributed by atoms with Crippen LogP contribution in [-0.4, -0.2) is 65.9 Å². The van der Waals surface area contributed by atoms with Gasteiger partial charge in [0.05, 0.1) is 37.1 Å². The van der Waals surface area contributed by atoms with E-state index in [-0.39, 0.29) is 10.9 Å². The lowest BCUT2D eigenvalue weighted by atomic mass is 10.2. The number of ether oxygens (including phenoxy) is 2. The van der Waals surface area contributed by atoms with Gasteiger partial charge in [-0.2, -0.15) is 0 Å². The molecule has 0 fully saturated rings. The molecule has 236 valence electrons. The second-order valence-electron chi connectivity index (χ2n) is 12.4. The molecule has 0 saturated heterocycles. The molecule has 0 bridgehead atoms. The molecule has 0 aliphatic carbocycles. The number of aromatic nitrogens is 6. The van der Waals surface area contributed by atoms with Crippen LogP contribution >= 0.6 is 0 Å². The van der Waals surface area contributed by atoms with E-state index in [1.165, 1.54) is 0 Å². The number of pyridine rings is 1. The van der Waals surface area contributed by atoms with Crippen molar-refractivity contribution in [2.45, 2.75) is 76.8 Å². The molecule has 4 aromatic rings. The normalized spacial score (nSPS) is 13.9. The molecule has 0 unspecified atom stereocenters. The van der Waals surface area contributed by atoms with Crippen molar-refractivity contribution in [3.05, 3.63) is 71.8 Å². The highest BCUT2D eigenvalue weighted by Crippen LogP contribution is 2.42. The number of methoxy groups -OCH3 is 2. The van der Waals surface area contributed by atoms with E-state index in [2.05, 4.69) is 59.0 Å². The second kappa shape index (κ2) is 12.7. The van der Waals surface area contributed by atoms with Crippen molar-refractivity contribution in [3.63, 3.8) is 0 Å². The average Bonchev–Trinajstić information content (AvgIpc) is 3.37. The van der Waals surface area contributed by atoms with Gasteiger partial charge in [-0.3, -0.25) is 19.5 Å². The van der Waals surface area contributed by atoms with E-state index in [0.717, 1.165) is 11.3 Å². The van der Waals surface area contributed by atoms with Gasteiger partial charge < -0.3 is 13.9 Å². The van der Waals surface area contributed by atoms with E-state index in [4.69, 9.17) is 13.9 Å². The minimum atomic E-state index is -3.93. The monoisotopic (exact) mass is 638 g/mol. The Balaban J connectivity index is 1.86. The van der Waals surface area contributed by atoms with Crippen LogP contribution in [0.15, 0.2) is 49.1 Å². The van der Waals surface area contributed by atoms with Crippen molar-refractivity contribution in [2.75, 3.05) is 14.2 Å². The predicted octanol–water partition coefficient (Wildman–Crippen LogP) is 5.82. The number of para-hydroxylation sites is 1. The SMILES string of the molecule is COc1cccc(OC)c1-n1c(CS(=O)(=O)[C@@H](C)[C@@H](O[Si](C)(C)C(C)(C)C)c2cnc(C)cn2)nnc1-c1cncc(C)c1. The van der Waals surface area contributed by atoms with Crippen LogP contribution in [-0.2, 0) is 20.0 Å². The van der Waals surface area contributed by atoms with E-state index >= 15 is 0 Å². The van der Waals surface area contributed by atoms with Gasteiger partial charge in [0.1, 0.15) is 29.0 Å². The molecule has 0 aliphatic rings. The van der Waals surface area contributed by atoms with E-state index < -0.39 is 35.3 Å². The molecule has 11 nitrogen and oxygen atoms in total. The van der Waals surface area contributed by atoms with E-state index in [0.29, 0.717) is 34.3 Å². The molecular weight excluding hydrogens is 597 g/mol. The number of sulfone groups is 1. The maximum Gasteiger partial charge on any atom is 0.193 e. The van der Waals surface area contributed by atoms with Gasteiger partial charge in [0.15, 0.2) is 29.8 Å². The molecule has 3 heterocycles. The van der Waals surface area contributed by atoms with Crippen molar-refractivity contribution in [3.8, 4) is 28.6 Å². The topological polar surface area (TPSA) is 131 Å². The number of aryl methyl sites for hydroxylation is 2. The third-order valence-corrected chi connectivity index (χ3v) is 14.6. The highest BCUT2D eigenvalue weighted by atomic mass is 32.2. The van der Waals surface area contributed by atoms with Crippen LogP contribution in [0.3, 0.4) is 0 Å². The molecule has 0 radical (unpaired) electrons. The molecule has 0 amide bonds. The summed E-state index contributed by atoms with van der Waals surface area (Å²) in [5, 5.41) is 7.72. The Hall–Kier alpha value is -3.68. The Morgan fingerprint density at radius 2 is 1.61 bits per heavy atom. The van der Waals surface area contributed by atoms with Gasteiger partial charge in [-0.1, -0.05) is 26.8 Å². The number of hydrogen-bond donors (Lipinski definition) is 0. The molecule has 13 heteroatoms. The summed E-state index contributed by atoms with van der Waals surface area (Å²) in [6, 6.07) is 7.26. The summed E-state index contributed by atoms with van der Waals surface area (Å²) in [6.45, 7) is 15.9. The van der Waals surface area contributed by atoms with Crippen LogP contribution in [0.25, 0.3) is 17.1 Å². The lowest BCUT2D eigenvalue weighted by molar-refractivity contribution is 0.176. The summed E-state index contributed by atoms with van der Waals surface area (Å²) in [5.41, 5.74) is 3.26. The summed E-state index contributed by atoms with van der Waals surface area (Å²) in [5.74, 6) is 1.09. The zero-order valence-corrected chi connectivity index (χ0v) is 28.9. The Labute approximate surface area is 261 Å². The molecular formula is C31H42N6O5SSi. The molecule has 1 aromatic carbocycles. The molecule has 0 N–H and O–H groups in total. The Kier molecular flexibility index (Phi) is 9.62. The second-order valence-corrected chi connectivity index (χ2v) is 19.5. The summed E-state index contributed by atoms with van der Waals surface area (Å²) < 4.78 is 48.5. The summed E-state index contributed by atoms with van der Waals surface area (Å²) >= 11 is 0. The predicted molar refractivity (Wildman–Crippen MR) is 172 cm³/mol. The van der Waals surface area contributed by atoms with E-state index in [9.17, 15) is 8.42 Å². The first-order valence-electron chi connectivity index (χ1n) is 14.3. The summed E-state index contributed by atoms with van der Waals surface area (Å²) in [6.07, 6.45) is 5.78. The molecule has 0 spiro atoms. The van der Waals surface area contributed by atoms with Gasteiger partial charge in [-0.15, -0.1) is 10.2 Å². The standard InChI is InChI=1S/C31H42N6O5SSi/c1-20-14-23(17-32-15-20)30-36-35-27(37(30)28-25(40-7)12-11-13-26(28)41-8)19-43(38,39)22(3)29(24-18-33-21(2)16-34-24)42-44(9,10)31(4,5)6/h11-18,22,29H,19H2,1-10H3/t22-,29+/m0/s1. The van der Waals surface area contributed by atoms with Crippen LogP contribution in [0, 0.1) is 13.8 Å². The highest BCUT2D eigenvalue weighted by Gasteiger charge is 2.44. The minimum Gasteiger partial charge on any atom is -0.494 e. The third-order valence-electron chi connectivity index (χ3n) is 8.13. The Bertz CT molecular complexity index is 1700. The van der Waals surface area contributed by atoms with Crippen molar-refractivity contribution in [2.24, 2.45) is 0 Å². The van der Waals surface area contributed by atoms with Crippen LogP contribution in [0.2, 0.25) is 18.1 Å². The third kappa shape index (κ3) is 6.84. The Morgan fingerprint density at radius 3 is 2.16 bits per heavy atom. The molecule has 0 aliphatic heterocycles. The maximum atomic E-state index is 14.3. The summed E-state index contributed by atoms with van der Waals surface area (Å²) in [4.78, 5) is 13.3. The fourth-order valence-corrected chi connectivity index (χ4v) is 7.29. The van der Waals surface area contributed by atoms with Gasteiger partial charge in [-0.25, -0.2) is 8.42 Å². The number of benzene rings is 1. The molecule has 2 atom stereocenters. The number of nitrogens with zero attached hydrogens (tertiary/aromatic N) is 6. The average molecular weight is 639 g/mol. The highest BCUT2D eigenvalue weighted by molar-refractivity contribution is 7.91. The number of rotatable bonds is 11. The molecule has 0 saturated carbocycles. The van der Waals surface area contributed by atoms with Crippen molar-refractivity contribution in [1.82, 2.24) is 29.7 Å². The smallest absolute Gasteiger partial charge is 0.193 e. The van der Waals surface area contributed by atoms with E-state index in [1.807, 2.05) is 19.9 Å². The largest absolute Gasteiger partial charge is 0.494 e. The fourth-order valence-electron chi connectivity index (χ4n) is 4.50. The zero-order valence-electron chi connectivity index (χ0n) is 27.1. The first kappa shape index (κ1) is 33.2. The van der Waals surface area contributed by atoms with Gasteiger partial charge in [-0.05, 0) is 62.7 Å². The first-order valence-corrected chi connectivity index (χ1v) is 19.0. The minimum absolute atomic E-state index is 0.162. The van der Waals surface area contributed by atoms with Crippen LogP contribution in [0.1, 0.15) is 56.6 Å². The summed E-state index contributed by atoms with van der Waals surface area (Å²) in [7, 11) is -3.28. The van der Waals surface area contributed by atoms with Crippen LogP contribution in [0.4, 0.5) is 0 Å². The van der Waals surface area contributed by atoms with Crippen molar-refractivity contribution in [1.29, 1.82) is 0 Å². The lowest BCUT2D eigenvalue weighted by Crippen LogP contribution is -2.45. The molecule has 4 rings (SSSR count). The Morgan fingerprint density at radius 1 is 0.955 bits per heavy atom. The van der Waals surface area contributed by atoms with Crippen molar-refractivity contribution < 1.29 is 22.3 Å². The van der Waals surface area contributed by atoms with Gasteiger partial charge >= 0.3 is 0 Å². The molecule has 3 aromatic heterocycles. The van der Waals surface area contributed by atoms with Crippen LogP contribution < -0.4 is 9.47 Å². The molecule has 44 heavy (non-hydrogen) atoms. The zero-order chi connectivity index (χ0) is 32.4.